The molecule has 0 aliphatic carbocycles. The minimum Gasteiger partial charge on any atom is -0.490 e. The van der Waals surface area contributed by atoms with Crippen LogP contribution in [-0.2, 0) is 21.4 Å². The molecule has 10 heteroatoms. The van der Waals surface area contributed by atoms with Gasteiger partial charge in [-0.1, -0.05) is 35.3 Å². The Labute approximate surface area is 215 Å². The van der Waals surface area contributed by atoms with Crippen LogP contribution in [-0.4, -0.2) is 34.1 Å². The molecule has 35 heavy (non-hydrogen) atoms. The number of sulfonamides is 1. The lowest BCUT2D eigenvalue weighted by atomic mass is 10.2. The first-order valence-electron chi connectivity index (χ1n) is 10.9. The van der Waals surface area contributed by atoms with E-state index in [2.05, 4.69) is 5.32 Å². The van der Waals surface area contributed by atoms with E-state index in [1.165, 1.54) is 30.3 Å². The van der Waals surface area contributed by atoms with Gasteiger partial charge in [-0.2, -0.15) is 0 Å². The Morgan fingerprint density at radius 2 is 1.57 bits per heavy atom. The molecular weight excluding hydrogens is 511 g/mol. The summed E-state index contributed by atoms with van der Waals surface area (Å²) in [5.74, 6) is 0.701. The summed E-state index contributed by atoms with van der Waals surface area (Å²) < 4.78 is 39.0. The summed E-state index contributed by atoms with van der Waals surface area (Å²) in [5.41, 5.74) is 1.04. The van der Waals surface area contributed by atoms with Gasteiger partial charge in [0.2, 0.25) is 5.91 Å². The summed E-state index contributed by atoms with van der Waals surface area (Å²) in [4.78, 5) is 12.9. The molecule has 0 atom stereocenters. The fourth-order valence-electron chi connectivity index (χ4n) is 3.27. The van der Waals surface area contributed by atoms with E-state index in [0.717, 1.165) is 9.87 Å². The topological polar surface area (TPSA) is 84.9 Å². The fourth-order valence-corrected chi connectivity index (χ4v) is 5.00. The summed E-state index contributed by atoms with van der Waals surface area (Å²) in [7, 11) is -4.07. The van der Waals surface area contributed by atoms with Crippen LogP contribution in [0.15, 0.2) is 71.6 Å². The number of hydrogen-bond acceptors (Lipinski definition) is 5. The average molecular weight is 537 g/mol. The standard InChI is InChI=1S/C25H26Cl2N2O5S/c1-3-33-23-13-8-18(14-24(23)34-4-2)16-28-25(30)17-29(21-7-5-6-20(27)15-21)35(31,32)22-11-9-19(26)10-12-22/h5-15H,3-4,16-17H2,1-2H3,(H,28,30). The SMILES string of the molecule is CCOc1ccc(CNC(=O)CN(c2cccc(Cl)c2)S(=O)(=O)c2ccc(Cl)cc2)cc1OCC. The summed E-state index contributed by atoms with van der Waals surface area (Å²) in [6.07, 6.45) is 0. The fraction of sp³-hybridized carbons (Fsp3) is 0.240. The second-order valence-corrected chi connectivity index (χ2v) is 10.1. The van der Waals surface area contributed by atoms with Crippen molar-refractivity contribution in [1.29, 1.82) is 0 Å². The highest BCUT2D eigenvalue weighted by molar-refractivity contribution is 7.92. The van der Waals surface area contributed by atoms with Crippen LogP contribution in [0.4, 0.5) is 5.69 Å². The van der Waals surface area contributed by atoms with Gasteiger partial charge in [-0.25, -0.2) is 8.42 Å². The first-order valence-corrected chi connectivity index (χ1v) is 13.1. The highest BCUT2D eigenvalue weighted by Crippen LogP contribution is 2.29. The van der Waals surface area contributed by atoms with Crippen molar-refractivity contribution in [1.82, 2.24) is 5.32 Å². The molecule has 3 aromatic rings. The Balaban J connectivity index is 1.81. The van der Waals surface area contributed by atoms with E-state index >= 15 is 0 Å². The van der Waals surface area contributed by atoms with Crippen molar-refractivity contribution in [2.45, 2.75) is 25.3 Å². The van der Waals surface area contributed by atoms with E-state index in [-0.39, 0.29) is 17.1 Å². The molecule has 3 rings (SSSR count). The molecule has 186 valence electrons. The van der Waals surface area contributed by atoms with Crippen LogP contribution in [0, 0.1) is 0 Å². The normalized spacial score (nSPS) is 11.1. The minimum atomic E-state index is -4.07. The number of carbonyl (C=O) groups is 1. The molecule has 0 saturated carbocycles. The molecule has 0 heterocycles. The minimum absolute atomic E-state index is 0.00236. The zero-order chi connectivity index (χ0) is 25.4. The number of anilines is 1. The van der Waals surface area contributed by atoms with Crippen LogP contribution >= 0.6 is 23.2 Å². The van der Waals surface area contributed by atoms with Gasteiger partial charge in [0.15, 0.2) is 11.5 Å². The number of nitrogens with one attached hydrogen (secondary N) is 1. The zero-order valence-corrected chi connectivity index (χ0v) is 21.7. The van der Waals surface area contributed by atoms with Gasteiger partial charge >= 0.3 is 0 Å². The zero-order valence-electron chi connectivity index (χ0n) is 19.3. The molecule has 0 bridgehead atoms. The molecule has 3 aromatic carbocycles. The number of carbonyl (C=O) groups excluding carboxylic acids is 1. The molecule has 1 amide bonds. The maximum Gasteiger partial charge on any atom is 0.264 e. The summed E-state index contributed by atoms with van der Waals surface area (Å²) in [6, 6.07) is 17.4. The molecule has 0 saturated heterocycles. The van der Waals surface area contributed by atoms with Crippen molar-refractivity contribution in [3.8, 4) is 11.5 Å². The third kappa shape index (κ3) is 7.04. The third-order valence-electron chi connectivity index (χ3n) is 4.88. The quantitative estimate of drug-likeness (QED) is 0.359. The van der Waals surface area contributed by atoms with Crippen molar-refractivity contribution in [2.24, 2.45) is 0 Å². The maximum atomic E-state index is 13.4. The number of ether oxygens (including phenoxy) is 2. The van der Waals surface area contributed by atoms with Crippen molar-refractivity contribution in [3.63, 3.8) is 0 Å². The van der Waals surface area contributed by atoms with E-state index in [1.54, 1.807) is 30.3 Å². The Kier molecular flexibility index (Phi) is 9.26. The molecular formula is C25H26Cl2N2O5S. The highest BCUT2D eigenvalue weighted by atomic mass is 35.5. The predicted octanol–water partition coefficient (Wildman–Crippen LogP) is 5.30. The van der Waals surface area contributed by atoms with Crippen LogP contribution in [0.1, 0.15) is 19.4 Å². The third-order valence-corrected chi connectivity index (χ3v) is 7.16. The second kappa shape index (κ2) is 12.2. The molecule has 1 N–H and O–H groups in total. The van der Waals surface area contributed by atoms with Crippen LogP contribution < -0.4 is 19.1 Å². The monoisotopic (exact) mass is 536 g/mol. The van der Waals surface area contributed by atoms with E-state index in [1.807, 2.05) is 19.9 Å². The van der Waals surface area contributed by atoms with Gasteiger partial charge in [0, 0.05) is 16.6 Å². The van der Waals surface area contributed by atoms with Crippen LogP contribution in [0.3, 0.4) is 0 Å². The van der Waals surface area contributed by atoms with Crippen molar-refractivity contribution >= 4 is 44.8 Å². The summed E-state index contributed by atoms with van der Waals surface area (Å²) >= 11 is 12.0. The smallest absolute Gasteiger partial charge is 0.264 e. The summed E-state index contributed by atoms with van der Waals surface area (Å²) in [6.45, 7) is 4.45. The Morgan fingerprint density at radius 3 is 2.23 bits per heavy atom. The number of hydrogen-bond donors (Lipinski definition) is 1. The van der Waals surface area contributed by atoms with Crippen molar-refractivity contribution in [3.05, 3.63) is 82.3 Å². The van der Waals surface area contributed by atoms with Crippen LogP contribution in [0.25, 0.3) is 0 Å². The van der Waals surface area contributed by atoms with Gasteiger partial charge in [0.1, 0.15) is 6.54 Å². The van der Waals surface area contributed by atoms with Gasteiger partial charge in [0.05, 0.1) is 23.8 Å². The number of nitrogens with zero attached hydrogens (tertiary/aromatic N) is 1. The molecule has 7 nitrogen and oxygen atoms in total. The van der Waals surface area contributed by atoms with E-state index < -0.39 is 22.5 Å². The molecule has 0 fully saturated rings. The Bertz CT molecular complexity index is 1270. The molecule has 0 unspecified atom stereocenters. The number of benzene rings is 3. The van der Waals surface area contributed by atoms with Gasteiger partial charge in [-0.15, -0.1) is 0 Å². The van der Waals surface area contributed by atoms with Crippen LogP contribution in [0.2, 0.25) is 10.0 Å². The van der Waals surface area contributed by atoms with Gasteiger partial charge in [-0.05, 0) is 74.0 Å². The molecule has 0 aliphatic rings. The van der Waals surface area contributed by atoms with Gasteiger partial charge in [-0.3, -0.25) is 9.10 Å². The predicted molar refractivity (Wildman–Crippen MR) is 138 cm³/mol. The van der Waals surface area contributed by atoms with Crippen molar-refractivity contribution in [2.75, 3.05) is 24.1 Å². The van der Waals surface area contributed by atoms with Gasteiger partial charge < -0.3 is 14.8 Å². The molecule has 0 radical (unpaired) electrons. The van der Waals surface area contributed by atoms with Crippen LogP contribution in [0.5, 0.6) is 11.5 Å². The Morgan fingerprint density at radius 1 is 0.886 bits per heavy atom. The largest absolute Gasteiger partial charge is 0.490 e. The lowest BCUT2D eigenvalue weighted by Gasteiger charge is -2.24. The lowest BCUT2D eigenvalue weighted by molar-refractivity contribution is -0.119. The molecule has 0 aliphatic heterocycles. The van der Waals surface area contributed by atoms with E-state index in [0.29, 0.717) is 34.8 Å². The lowest BCUT2D eigenvalue weighted by Crippen LogP contribution is -2.40. The number of halogens is 2. The number of rotatable bonds is 11. The second-order valence-electron chi connectivity index (χ2n) is 7.37. The average Bonchev–Trinajstić information content (AvgIpc) is 2.83. The van der Waals surface area contributed by atoms with E-state index in [9.17, 15) is 13.2 Å². The number of amides is 1. The van der Waals surface area contributed by atoms with Crippen molar-refractivity contribution < 1.29 is 22.7 Å². The van der Waals surface area contributed by atoms with E-state index in [4.69, 9.17) is 32.7 Å². The van der Waals surface area contributed by atoms with Gasteiger partial charge in [0.25, 0.3) is 10.0 Å². The first-order chi connectivity index (χ1) is 16.7. The maximum absolute atomic E-state index is 13.4. The Hall–Kier alpha value is -2.94. The highest BCUT2D eigenvalue weighted by Gasteiger charge is 2.27. The first kappa shape index (κ1) is 26.7. The molecule has 0 aromatic heterocycles. The summed E-state index contributed by atoms with van der Waals surface area (Å²) in [5, 5.41) is 3.52. The molecule has 0 spiro atoms.